The Hall–Kier alpha value is -3.78. The Morgan fingerprint density at radius 1 is 1.15 bits per heavy atom. The Morgan fingerprint density at radius 2 is 1.91 bits per heavy atom. The molecule has 0 saturated carbocycles. The number of aromatic nitrogens is 1. The molecule has 2 aromatic rings. The Morgan fingerprint density at radius 3 is 2.62 bits per heavy atom. The highest BCUT2D eigenvalue weighted by Gasteiger charge is 2.21. The van der Waals surface area contributed by atoms with Crippen LogP contribution in [0.15, 0.2) is 53.3 Å². The number of hydrogen-bond donors (Lipinski definition) is 3. The zero-order valence-electron chi connectivity index (χ0n) is 19.8. The van der Waals surface area contributed by atoms with Gasteiger partial charge in [0, 0.05) is 49.0 Å². The van der Waals surface area contributed by atoms with E-state index < -0.39 is 0 Å². The third-order valence-corrected chi connectivity index (χ3v) is 5.27. The molecule has 5 N–H and O–H groups in total. The molecule has 3 rings (SSSR count). The van der Waals surface area contributed by atoms with Gasteiger partial charge in [-0.15, -0.1) is 0 Å². The van der Waals surface area contributed by atoms with E-state index in [1.807, 2.05) is 29.2 Å². The number of nitrogens with one attached hydrogen (secondary N) is 1. The van der Waals surface area contributed by atoms with Crippen molar-refractivity contribution in [3.05, 3.63) is 65.0 Å². The summed E-state index contributed by atoms with van der Waals surface area (Å²) in [6.45, 7) is 5.93. The highest BCUT2D eigenvalue weighted by Crippen LogP contribution is 2.29. The van der Waals surface area contributed by atoms with Gasteiger partial charge in [0.1, 0.15) is 5.84 Å². The van der Waals surface area contributed by atoms with E-state index in [1.54, 1.807) is 30.6 Å². The normalized spacial score (nSPS) is 13.0. The fraction of sp³-hybridized carbons (Fsp3) is 0.308. The number of rotatable bonds is 9. The number of amidine groups is 1. The van der Waals surface area contributed by atoms with E-state index in [0.29, 0.717) is 48.0 Å². The van der Waals surface area contributed by atoms with Crippen LogP contribution in [0.5, 0.6) is 0 Å². The maximum Gasteiger partial charge on any atom is 0.255 e. The second kappa shape index (κ2) is 11.9. The van der Waals surface area contributed by atoms with Gasteiger partial charge in [-0.1, -0.05) is 32.1 Å². The smallest absolute Gasteiger partial charge is 0.255 e. The molecular weight excluding hydrogens is 428 g/mol. The van der Waals surface area contributed by atoms with E-state index in [1.165, 1.54) is 0 Å². The van der Waals surface area contributed by atoms with Crippen molar-refractivity contribution in [2.45, 2.75) is 33.1 Å². The quantitative estimate of drug-likeness (QED) is 0.525. The molecule has 1 aromatic heterocycles. The molecule has 0 saturated heterocycles. The second-order valence-corrected chi connectivity index (χ2v) is 8.11. The second-order valence-electron chi connectivity index (χ2n) is 8.11. The molecule has 0 atom stereocenters. The van der Waals surface area contributed by atoms with Crippen molar-refractivity contribution in [2.24, 2.45) is 16.5 Å². The molecule has 1 aliphatic rings. The third kappa shape index (κ3) is 6.39. The van der Waals surface area contributed by atoms with Crippen LogP contribution >= 0.6 is 0 Å². The molecule has 8 heteroatoms. The summed E-state index contributed by atoms with van der Waals surface area (Å²) in [7, 11) is 0. The first-order chi connectivity index (χ1) is 16.4. The highest BCUT2D eigenvalue weighted by molar-refractivity contribution is 6.07. The summed E-state index contributed by atoms with van der Waals surface area (Å²) in [6.07, 6.45) is 10.8. The van der Waals surface area contributed by atoms with E-state index in [9.17, 15) is 9.59 Å². The summed E-state index contributed by atoms with van der Waals surface area (Å²) >= 11 is 0. The summed E-state index contributed by atoms with van der Waals surface area (Å²) in [5.41, 5.74) is 15.4. The van der Waals surface area contributed by atoms with E-state index in [-0.39, 0.29) is 18.2 Å². The van der Waals surface area contributed by atoms with Crippen molar-refractivity contribution >= 4 is 41.2 Å². The molecule has 2 amide bonds. The maximum absolute atomic E-state index is 13.1. The Labute approximate surface area is 200 Å². The van der Waals surface area contributed by atoms with Crippen LogP contribution in [0.2, 0.25) is 0 Å². The minimum absolute atomic E-state index is 0.0208. The SMILES string of the molecule is CCCN(CCC)C(=O)C1=Cc2ccc(C(=O)Nc3cncc(C=CCN)c3)cc2N=C(N)C1. The first-order valence-corrected chi connectivity index (χ1v) is 11.5. The van der Waals surface area contributed by atoms with Crippen molar-refractivity contribution in [2.75, 3.05) is 25.0 Å². The number of carbonyl (C=O) groups excluding carboxylic acids is 2. The van der Waals surface area contributed by atoms with Gasteiger partial charge < -0.3 is 21.7 Å². The zero-order chi connectivity index (χ0) is 24.5. The first-order valence-electron chi connectivity index (χ1n) is 11.5. The lowest BCUT2D eigenvalue weighted by molar-refractivity contribution is -0.127. The lowest BCUT2D eigenvalue weighted by atomic mass is 10.0. The van der Waals surface area contributed by atoms with Crippen LogP contribution in [0.25, 0.3) is 12.2 Å². The lowest BCUT2D eigenvalue weighted by Crippen LogP contribution is -2.34. The van der Waals surface area contributed by atoms with Gasteiger partial charge in [0.15, 0.2) is 0 Å². The zero-order valence-corrected chi connectivity index (χ0v) is 19.8. The van der Waals surface area contributed by atoms with Crippen LogP contribution < -0.4 is 16.8 Å². The van der Waals surface area contributed by atoms with Gasteiger partial charge in [0.05, 0.1) is 17.6 Å². The lowest BCUT2D eigenvalue weighted by Gasteiger charge is -2.22. The van der Waals surface area contributed by atoms with E-state index in [0.717, 1.165) is 24.0 Å². The minimum atomic E-state index is -0.292. The largest absolute Gasteiger partial charge is 0.387 e. The van der Waals surface area contributed by atoms with Crippen molar-refractivity contribution in [1.29, 1.82) is 0 Å². The number of benzene rings is 1. The average Bonchev–Trinajstić information content (AvgIpc) is 2.99. The highest BCUT2D eigenvalue weighted by atomic mass is 16.2. The van der Waals surface area contributed by atoms with Gasteiger partial charge in [-0.25, -0.2) is 4.99 Å². The average molecular weight is 461 g/mol. The summed E-state index contributed by atoms with van der Waals surface area (Å²) in [5, 5.41) is 2.86. The van der Waals surface area contributed by atoms with Crippen LogP contribution in [0, 0.1) is 0 Å². The Bertz CT molecular complexity index is 1130. The summed E-state index contributed by atoms with van der Waals surface area (Å²) in [5.74, 6) is 0.0277. The first kappa shape index (κ1) is 24.9. The number of aliphatic imine (C=N–C) groups is 1. The molecule has 0 radical (unpaired) electrons. The number of hydrogen-bond acceptors (Lipinski definition) is 6. The fourth-order valence-electron chi connectivity index (χ4n) is 3.75. The predicted octanol–water partition coefficient (Wildman–Crippen LogP) is 3.73. The van der Waals surface area contributed by atoms with Crippen molar-refractivity contribution < 1.29 is 9.59 Å². The molecule has 178 valence electrons. The third-order valence-electron chi connectivity index (χ3n) is 5.27. The van der Waals surface area contributed by atoms with Crippen LogP contribution in [-0.4, -0.2) is 47.2 Å². The van der Waals surface area contributed by atoms with Gasteiger partial charge in [0.25, 0.3) is 5.91 Å². The van der Waals surface area contributed by atoms with Gasteiger partial charge in [-0.2, -0.15) is 0 Å². The summed E-state index contributed by atoms with van der Waals surface area (Å²) in [6, 6.07) is 7.01. The molecule has 0 spiro atoms. The molecule has 1 aromatic carbocycles. The van der Waals surface area contributed by atoms with Gasteiger partial charge in [-0.3, -0.25) is 14.6 Å². The number of anilines is 1. The molecular formula is C26H32N6O2. The fourth-order valence-corrected chi connectivity index (χ4v) is 3.75. The Kier molecular flexibility index (Phi) is 8.70. The van der Waals surface area contributed by atoms with E-state index in [2.05, 4.69) is 29.1 Å². The van der Waals surface area contributed by atoms with Crippen LogP contribution in [0.4, 0.5) is 11.4 Å². The molecule has 0 fully saturated rings. The molecule has 34 heavy (non-hydrogen) atoms. The van der Waals surface area contributed by atoms with Gasteiger partial charge in [0.2, 0.25) is 5.91 Å². The minimum Gasteiger partial charge on any atom is -0.387 e. The van der Waals surface area contributed by atoms with Crippen molar-refractivity contribution in [3.8, 4) is 0 Å². The number of carbonyl (C=O) groups is 2. The number of pyridine rings is 1. The molecule has 0 bridgehead atoms. The number of fused-ring (bicyclic) bond motifs is 1. The molecule has 2 heterocycles. The molecule has 1 aliphatic heterocycles. The van der Waals surface area contributed by atoms with Crippen LogP contribution in [0.1, 0.15) is 54.6 Å². The summed E-state index contributed by atoms with van der Waals surface area (Å²) in [4.78, 5) is 36.5. The predicted molar refractivity (Wildman–Crippen MR) is 138 cm³/mol. The monoisotopic (exact) mass is 460 g/mol. The van der Waals surface area contributed by atoms with Gasteiger partial charge in [-0.05, 0) is 42.7 Å². The summed E-state index contributed by atoms with van der Waals surface area (Å²) < 4.78 is 0. The van der Waals surface area contributed by atoms with E-state index >= 15 is 0 Å². The maximum atomic E-state index is 13.1. The molecule has 0 unspecified atom stereocenters. The standard InChI is InChI=1S/C26H32N6O2/c1-3-10-32(11-4-2)26(34)21-13-19-7-8-20(14-23(19)31-24(28)15-21)25(33)30-22-12-18(6-5-9-27)16-29-17-22/h5-8,12-14,16-17H,3-4,9-11,15,27H2,1-2H3,(H2,28,31)(H,30,33). The van der Waals surface area contributed by atoms with Crippen LogP contribution in [0.3, 0.4) is 0 Å². The topological polar surface area (TPSA) is 127 Å². The number of amides is 2. The number of nitrogens with zero attached hydrogens (tertiary/aromatic N) is 3. The van der Waals surface area contributed by atoms with Crippen molar-refractivity contribution in [1.82, 2.24) is 9.88 Å². The van der Waals surface area contributed by atoms with Crippen LogP contribution in [-0.2, 0) is 4.79 Å². The van der Waals surface area contributed by atoms with Crippen molar-refractivity contribution in [3.63, 3.8) is 0 Å². The molecule has 0 aliphatic carbocycles. The molecule has 8 nitrogen and oxygen atoms in total. The van der Waals surface area contributed by atoms with Gasteiger partial charge >= 0.3 is 0 Å². The Balaban J connectivity index is 1.84. The number of nitrogens with two attached hydrogens (primary N) is 2. The van der Waals surface area contributed by atoms with E-state index in [4.69, 9.17) is 11.5 Å².